The molecule has 0 aliphatic carbocycles. The van der Waals surface area contributed by atoms with E-state index in [1.54, 1.807) is 0 Å². The number of halogens is 1. The lowest BCUT2D eigenvalue weighted by Gasteiger charge is -2.05. The van der Waals surface area contributed by atoms with Gasteiger partial charge in [0.2, 0.25) is 0 Å². The molecule has 0 bridgehead atoms. The van der Waals surface area contributed by atoms with Crippen LogP contribution in [0.4, 0.5) is 0 Å². The number of ether oxygens (including phenoxy) is 1. The number of hydrogen-bond acceptors (Lipinski definition) is 2. The van der Waals surface area contributed by atoms with Crippen molar-refractivity contribution in [1.29, 1.82) is 0 Å². The minimum absolute atomic E-state index is 0.130. The Morgan fingerprint density at radius 2 is 1.55 bits per heavy atom. The van der Waals surface area contributed by atoms with Gasteiger partial charge in [0.1, 0.15) is 0 Å². The second-order valence-corrected chi connectivity index (χ2v) is 5.75. The minimum atomic E-state index is -0.130. The van der Waals surface area contributed by atoms with E-state index in [-0.39, 0.29) is 5.97 Å². The van der Waals surface area contributed by atoms with Crippen LogP contribution in [-0.4, -0.2) is 12.6 Å². The zero-order valence-corrected chi connectivity index (χ0v) is 13.6. The van der Waals surface area contributed by atoms with Gasteiger partial charge in [0.15, 0.2) is 0 Å². The quantitative estimate of drug-likeness (QED) is 0.566. The maximum absolute atomic E-state index is 11.3. The molecule has 0 aliphatic heterocycles. The van der Waals surface area contributed by atoms with Gasteiger partial charge in [-0.2, -0.15) is 0 Å². The van der Waals surface area contributed by atoms with Gasteiger partial charge in [-0.15, -0.1) is 0 Å². The van der Waals surface area contributed by atoms with Crippen molar-refractivity contribution in [3.63, 3.8) is 0 Å². The van der Waals surface area contributed by atoms with Crippen molar-refractivity contribution in [3.05, 3.63) is 57.7 Å². The molecule has 104 valence electrons. The normalized spacial score (nSPS) is 10.3. The number of carbonyl (C=O) groups is 1. The fourth-order valence-corrected chi connectivity index (χ4v) is 2.35. The zero-order valence-electron chi connectivity index (χ0n) is 11.4. The van der Waals surface area contributed by atoms with Crippen molar-refractivity contribution in [2.45, 2.75) is 19.8 Å². The van der Waals surface area contributed by atoms with E-state index in [0.717, 1.165) is 12.0 Å². The molecule has 2 rings (SSSR count). The van der Waals surface area contributed by atoms with Crippen LogP contribution in [0.1, 0.15) is 18.9 Å². The number of aryl methyl sites for hydroxylation is 1. The van der Waals surface area contributed by atoms with Crippen LogP contribution in [0, 0.1) is 3.57 Å². The molecule has 0 radical (unpaired) electrons. The Morgan fingerprint density at radius 3 is 2.10 bits per heavy atom. The van der Waals surface area contributed by atoms with Crippen molar-refractivity contribution < 1.29 is 9.53 Å². The third kappa shape index (κ3) is 4.34. The summed E-state index contributed by atoms with van der Waals surface area (Å²) < 4.78 is 6.16. The minimum Gasteiger partial charge on any atom is -0.466 e. The van der Waals surface area contributed by atoms with Crippen LogP contribution in [0.5, 0.6) is 0 Å². The third-order valence-corrected chi connectivity index (χ3v) is 3.77. The molecular weight excluding hydrogens is 363 g/mol. The molecule has 0 saturated carbocycles. The first-order valence-corrected chi connectivity index (χ1v) is 7.77. The largest absolute Gasteiger partial charge is 0.466 e. The third-order valence-electron chi connectivity index (χ3n) is 3.05. The highest BCUT2D eigenvalue weighted by Gasteiger charge is 2.03. The molecule has 0 saturated heterocycles. The monoisotopic (exact) mass is 380 g/mol. The SMILES string of the molecule is CCOC(=O)CCc1ccc(-c2ccc(I)cc2)cc1. The van der Waals surface area contributed by atoms with E-state index in [0.29, 0.717) is 13.0 Å². The molecule has 0 aromatic heterocycles. The Kier molecular flexibility index (Phi) is 5.59. The molecular formula is C17H17IO2. The molecule has 0 atom stereocenters. The maximum atomic E-state index is 11.3. The molecule has 3 heteroatoms. The predicted molar refractivity (Wildman–Crippen MR) is 89.5 cm³/mol. The summed E-state index contributed by atoms with van der Waals surface area (Å²) in [7, 11) is 0. The first kappa shape index (κ1) is 15.0. The van der Waals surface area contributed by atoms with E-state index in [2.05, 4.69) is 71.1 Å². The average Bonchev–Trinajstić information content (AvgIpc) is 2.47. The summed E-state index contributed by atoms with van der Waals surface area (Å²) in [6, 6.07) is 16.8. The van der Waals surface area contributed by atoms with E-state index < -0.39 is 0 Å². The number of esters is 1. The molecule has 0 fully saturated rings. The van der Waals surface area contributed by atoms with Crippen LogP contribution in [-0.2, 0) is 16.0 Å². The average molecular weight is 380 g/mol. The van der Waals surface area contributed by atoms with Crippen molar-refractivity contribution in [1.82, 2.24) is 0 Å². The molecule has 0 spiro atoms. The second-order valence-electron chi connectivity index (χ2n) is 4.51. The first-order valence-electron chi connectivity index (χ1n) is 6.69. The van der Waals surface area contributed by atoms with Crippen molar-refractivity contribution >= 4 is 28.6 Å². The molecule has 0 amide bonds. The van der Waals surface area contributed by atoms with Crippen LogP contribution >= 0.6 is 22.6 Å². The van der Waals surface area contributed by atoms with Gasteiger partial charge in [-0.05, 0) is 64.8 Å². The van der Waals surface area contributed by atoms with E-state index in [9.17, 15) is 4.79 Å². The maximum Gasteiger partial charge on any atom is 0.306 e. The number of hydrogen-bond donors (Lipinski definition) is 0. The van der Waals surface area contributed by atoms with Gasteiger partial charge in [-0.3, -0.25) is 4.79 Å². The Bertz CT molecular complexity index is 559. The molecule has 2 aromatic carbocycles. The van der Waals surface area contributed by atoms with Gasteiger partial charge in [-0.25, -0.2) is 0 Å². The van der Waals surface area contributed by atoms with Crippen LogP contribution in [0.15, 0.2) is 48.5 Å². The van der Waals surface area contributed by atoms with Gasteiger partial charge in [0, 0.05) is 9.99 Å². The first-order chi connectivity index (χ1) is 9.69. The van der Waals surface area contributed by atoms with Gasteiger partial charge < -0.3 is 4.74 Å². The Labute approximate surface area is 133 Å². The fraction of sp³-hybridized carbons (Fsp3) is 0.235. The van der Waals surface area contributed by atoms with Crippen molar-refractivity contribution in [2.24, 2.45) is 0 Å². The second kappa shape index (κ2) is 7.43. The lowest BCUT2D eigenvalue weighted by Crippen LogP contribution is -2.05. The molecule has 20 heavy (non-hydrogen) atoms. The van der Waals surface area contributed by atoms with E-state index in [1.807, 2.05) is 6.92 Å². The summed E-state index contributed by atoms with van der Waals surface area (Å²) >= 11 is 2.30. The highest BCUT2D eigenvalue weighted by atomic mass is 127. The lowest BCUT2D eigenvalue weighted by atomic mass is 10.0. The highest BCUT2D eigenvalue weighted by molar-refractivity contribution is 14.1. The topological polar surface area (TPSA) is 26.3 Å². The van der Waals surface area contributed by atoms with E-state index in [1.165, 1.54) is 14.7 Å². The summed E-state index contributed by atoms with van der Waals surface area (Å²) in [5, 5.41) is 0. The molecule has 2 aromatic rings. The summed E-state index contributed by atoms with van der Waals surface area (Å²) in [6.07, 6.45) is 1.17. The molecule has 2 nitrogen and oxygen atoms in total. The lowest BCUT2D eigenvalue weighted by molar-refractivity contribution is -0.143. The Morgan fingerprint density at radius 1 is 1.00 bits per heavy atom. The van der Waals surface area contributed by atoms with Crippen molar-refractivity contribution in [2.75, 3.05) is 6.61 Å². The molecule has 0 N–H and O–H groups in total. The van der Waals surface area contributed by atoms with Gasteiger partial charge in [0.25, 0.3) is 0 Å². The van der Waals surface area contributed by atoms with Gasteiger partial charge in [0.05, 0.1) is 6.61 Å². The number of rotatable bonds is 5. The van der Waals surface area contributed by atoms with Crippen LogP contribution in [0.2, 0.25) is 0 Å². The summed E-state index contributed by atoms with van der Waals surface area (Å²) in [5.74, 6) is -0.130. The standard InChI is InChI=1S/C17H17IO2/c1-2-20-17(19)12-5-13-3-6-14(7-4-13)15-8-10-16(18)11-9-15/h3-4,6-11H,2,5,12H2,1H3. The Hall–Kier alpha value is -1.36. The van der Waals surface area contributed by atoms with Crippen LogP contribution in [0.3, 0.4) is 0 Å². The van der Waals surface area contributed by atoms with Crippen LogP contribution < -0.4 is 0 Å². The predicted octanol–water partition coefficient (Wildman–Crippen LogP) is 4.45. The molecule has 0 unspecified atom stereocenters. The highest BCUT2D eigenvalue weighted by Crippen LogP contribution is 2.21. The molecule has 0 aliphatic rings. The summed E-state index contributed by atoms with van der Waals surface area (Å²) in [6.45, 7) is 2.28. The smallest absolute Gasteiger partial charge is 0.306 e. The van der Waals surface area contributed by atoms with Crippen LogP contribution in [0.25, 0.3) is 11.1 Å². The van der Waals surface area contributed by atoms with Gasteiger partial charge in [-0.1, -0.05) is 36.4 Å². The fourth-order valence-electron chi connectivity index (χ4n) is 1.99. The van der Waals surface area contributed by atoms with E-state index in [4.69, 9.17) is 4.74 Å². The molecule has 0 heterocycles. The zero-order chi connectivity index (χ0) is 14.4. The number of benzene rings is 2. The Balaban J connectivity index is 1.99. The summed E-state index contributed by atoms with van der Waals surface area (Å²) in [5.41, 5.74) is 3.57. The van der Waals surface area contributed by atoms with Crippen molar-refractivity contribution in [3.8, 4) is 11.1 Å². The van der Waals surface area contributed by atoms with E-state index >= 15 is 0 Å². The van der Waals surface area contributed by atoms with Gasteiger partial charge >= 0.3 is 5.97 Å². The summed E-state index contributed by atoms with van der Waals surface area (Å²) in [4.78, 5) is 11.3. The number of carbonyl (C=O) groups excluding carboxylic acids is 1.